The summed E-state index contributed by atoms with van der Waals surface area (Å²) in [7, 11) is 0. The fourth-order valence-electron chi connectivity index (χ4n) is 2.93. The van der Waals surface area contributed by atoms with E-state index in [1.807, 2.05) is 6.07 Å². The molecule has 1 aromatic rings. The van der Waals surface area contributed by atoms with Crippen molar-refractivity contribution in [2.24, 2.45) is 5.92 Å². The molecule has 1 N–H and O–H groups in total. The SMILES string of the molecule is CCNC1CC(c2ccc(F)cc2Br)C1CC. The Morgan fingerprint density at radius 2 is 2.18 bits per heavy atom. The highest BCUT2D eigenvalue weighted by Gasteiger charge is 2.40. The van der Waals surface area contributed by atoms with Gasteiger partial charge in [-0.3, -0.25) is 0 Å². The van der Waals surface area contributed by atoms with Crippen molar-refractivity contribution in [2.45, 2.75) is 38.6 Å². The van der Waals surface area contributed by atoms with Crippen molar-refractivity contribution >= 4 is 15.9 Å². The summed E-state index contributed by atoms with van der Waals surface area (Å²) in [6.45, 7) is 5.41. The first-order valence-corrected chi connectivity index (χ1v) is 7.15. The summed E-state index contributed by atoms with van der Waals surface area (Å²) < 4.78 is 14.0. The molecule has 0 bridgehead atoms. The molecule has 0 aromatic heterocycles. The molecule has 1 aromatic carbocycles. The Morgan fingerprint density at radius 1 is 1.41 bits per heavy atom. The smallest absolute Gasteiger partial charge is 0.124 e. The second kappa shape index (κ2) is 5.49. The zero-order chi connectivity index (χ0) is 12.4. The molecule has 3 unspecified atom stereocenters. The lowest BCUT2D eigenvalue weighted by Gasteiger charge is -2.45. The molecule has 0 aliphatic heterocycles. The Bertz CT molecular complexity index is 394. The average Bonchev–Trinajstić information content (AvgIpc) is 2.26. The topological polar surface area (TPSA) is 12.0 Å². The Morgan fingerprint density at radius 3 is 2.76 bits per heavy atom. The van der Waals surface area contributed by atoms with Gasteiger partial charge in [0.25, 0.3) is 0 Å². The van der Waals surface area contributed by atoms with Crippen LogP contribution >= 0.6 is 15.9 Å². The Labute approximate surface area is 111 Å². The number of hydrogen-bond donors (Lipinski definition) is 1. The van der Waals surface area contributed by atoms with Crippen LogP contribution in [0.4, 0.5) is 4.39 Å². The maximum Gasteiger partial charge on any atom is 0.124 e. The molecule has 0 amide bonds. The third kappa shape index (κ3) is 2.55. The van der Waals surface area contributed by atoms with Crippen molar-refractivity contribution in [1.29, 1.82) is 0 Å². The van der Waals surface area contributed by atoms with Crippen LogP contribution in [0.5, 0.6) is 0 Å². The van der Waals surface area contributed by atoms with Gasteiger partial charge in [-0.25, -0.2) is 4.39 Å². The number of halogens is 2. The van der Waals surface area contributed by atoms with E-state index in [9.17, 15) is 4.39 Å². The van der Waals surface area contributed by atoms with Crippen LogP contribution in [0.2, 0.25) is 0 Å². The van der Waals surface area contributed by atoms with Gasteiger partial charge >= 0.3 is 0 Å². The third-order valence-corrected chi connectivity index (χ3v) is 4.53. The van der Waals surface area contributed by atoms with Crippen LogP contribution in [0.25, 0.3) is 0 Å². The van der Waals surface area contributed by atoms with Gasteiger partial charge in [0.2, 0.25) is 0 Å². The molecular weight excluding hydrogens is 281 g/mol. The van der Waals surface area contributed by atoms with Crippen LogP contribution in [0.1, 0.15) is 38.2 Å². The molecule has 1 saturated carbocycles. The van der Waals surface area contributed by atoms with E-state index in [0.29, 0.717) is 17.9 Å². The molecule has 1 aliphatic rings. The van der Waals surface area contributed by atoms with Crippen molar-refractivity contribution < 1.29 is 4.39 Å². The highest BCUT2D eigenvalue weighted by atomic mass is 79.9. The Kier molecular flexibility index (Phi) is 4.21. The normalized spacial score (nSPS) is 27.9. The Hall–Kier alpha value is -0.410. The first-order chi connectivity index (χ1) is 8.17. The van der Waals surface area contributed by atoms with Gasteiger partial charge in [0.1, 0.15) is 5.82 Å². The quantitative estimate of drug-likeness (QED) is 0.883. The van der Waals surface area contributed by atoms with Crippen LogP contribution in [-0.2, 0) is 0 Å². The summed E-state index contributed by atoms with van der Waals surface area (Å²) in [5, 5.41) is 3.52. The summed E-state index contributed by atoms with van der Waals surface area (Å²) >= 11 is 3.48. The van der Waals surface area contributed by atoms with Crippen molar-refractivity contribution in [1.82, 2.24) is 5.32 Å². The highest BCUT2D eigenvalue weighted by molar-refractivity contribution is 9.10. The lowest BCUT2D eigenvalue weighted by Crippen LogP contribution is -2.48. The van der Waals surface area contributed by atoms with Crippen molar-refractivity contribution in [2.75, 3.05) is 6.54 Å². The van der Waals surface area contributed by atoms with Crippen LogP contribution < -0.4 is 5.32 Å². The fourth-order valence-corrected chi connectivity index (χ4v) is 3.58. The predicted molar refractivity (Wildman–Crippen MR) is 72.7 cm³/mol. The van der Waals surface area contributed by atoms with Gasteiger partial charge in [0.15, 0.2) is 0 Å². The van der Waals surface area contributed by atoms with E-state index in [1.54, 1.807) is 12.1 Å². The van der Waals surface area contributed by atoms with Gasteiger partial charge in [-0.05, 0) is 42.5 Å². The molecule has 3 atom stereocenters. The molecule has 0 heterocycles. The lowest BCUT2D eigenvalue weighted by atomic mass is 9.65. The van der Waals surface area contributed by atoms with Gasteiger partial charge in [-0.1, -0.05) is 42.3 Å². The minimum Gasteiger partial charge on any atom is -0.314 e. The van der Waals surface area contributed by atoms with E-state index in [2.05, 4.69) is 35.1 Å². The van der Waals surface area contributed by atoms with E-state index in [4.69, 9.17) is 0 Å². The monoisotopic (exact) mass is 299 g/mol. The maximum absolute atomic E-state index is 13.1. The van der Waals surface area contributed by atoms with Gasteiger partial charge in [-0.2, -0.15) is 0 Å². The Balaban J connectivity index is 2.13. The number of hydrogen-bond acceptors (Lipinski definition) is 1. The van der Waals surface area contributed by atoms with Crippen molar-refractivity contribution in [3.05, 3.63) is 34.1 Å². The van der Waals surface area contributed by atoms with E-state index in [-0.39, 0.29) is 5.82 Å². The number of benzene rings is 1. The summed E-state index contributed by atoms with van der Waals surface area (Å²) in [6, 6.07) is 5.69. The first kappa shape index (κ1) is 13.0. The summed E-state index contributed by atoms with van der Waals surface area (Å²) in [5.74, 6) is 1.08. The van der Waals surface area contributed by atoms with Crippen molar-refractivity contribution in [3.8, 4) is 0 Å². The molecule has 94 valence electrons. The summed E-state index contributed by atoms with van der Waals surface area (Å²) in [6.07, 6.45) is 2.34. The molecule has 17 heavy (non-hydrogen) atoms. The molecule has 1 fully saturated rings. The number of rotatable bonds is 4. The molecular formula is C14H19BrFN. The molecule has 1 nitrogen and oxygen atoms in total. The summed E-state index contributed by atoms with van der Waals surface area (Å²) in [5.41, 5.74) is 1.26. The van der Waals surface area contributed by atoms with E-state index in [1.165, 1.54) is 12.0 Å². The molecule has 0 spiro atoms. The standard InChI is InChI=1S/C14H19BrFN/c1-3-10-12(8-14(10)17-4-2)11-6-5-9(16)7-13(11)15/h5-7,10,12,14,17H,3-4,8H2,1-2H3. The highest BCUT2D eigenvalue weighted by Crippen LogP contribution is 2.46. The summed E-state index contributed by atoms with van der Waals surface area (Å²) in [4.78, 5) is 0. The van der Waals surface area contributed by atoms with Gasteiger partial charge < -0.3 is 5.32 Å². The van der Waals surface area contributed by atoms with Gasteiger partial charge in [-0.15, -0.1) is 0 Å². The second-order valence-corrected chi connectivity index (χ2v) is 5.60. The van der Waals surface area contributed by atoms with E-state index >= 15 is 0 Å². The maximum atomic E-state index is 13.1. The minimum absolute atomic E-state index is 0.170. The van der Waals surface area contributed by atoms with Gasteiger partial charge in [0, 0.05) is 10.5 Å². The van der Waals surface area contributed by atoms with Crippen LogP contribution in [-0.4, -0.2) is 12.6 Å². The zero-order valence-corrected chi connectivity index (χ0v) is 11.9. The van der Waals surface area contributed by atoms with Crippen LogP contribution in [0, 0.1) is 11.7 Å². The van der Waals surface area contributed by atoms with E-state index < -0.39 is 0 Å². The second-order valence-electron chi connectivity index (χ2n) is 4.74. The molecule has 2 rings (SSSR count). The first-order valence-electron chi connectivity index (χ1n) is 6.35. The third-order valence-electron chi connectivity index (χ3n) is 3.84. The molecule has 3 heteroatoms. The van der Waals surface area contributed by atoms with E-state index in [0.717, 1.165) is 17.4 Å². The van der Waals surface area contributed by atoms with Crippen LogP contribution in [0.15, 0.2) is 22.7 Å². The fraction of sp³-hybridized carbons (Fsp3) is 0.571. The zero-order valence-electron chi connectivity index (χ0n) is 10.3. The average molecular weight is 300 g/mol. The predicted octanol–water partition coefficient (Wildman–Crippen LogP) is 4.08. The van der Waals surface area contributed by atoms with Crippen molar-refractivity contribution in [3.63, 3.8) is 0 Å². The lowest BCUT2D eigenvalue weighted by molar-refractivity contribution is 0.162. The molecule has 0 saturated heterocycles. The number of nitrogens with one attached hydrogen (secondary N) is 1. The van der Waals surface area contributed by atoms with Crippen LogP contribution in [0.3, 0.4) is 0 Å². The largest absolute Gasteiger partial charge is 0.314 e. The molecule has 0 radical (unpaired) electrons. The molecule has 1 aliphatic carbocycles. The minimum atomic E-state index is -0.170. The van der Waals surface area contributed by atoms with Gasteiger partial charge in [0.05, 0.1) is 0 Å².